The second-order valence-electron chi connectivity index (χ2n) is 10.6. The van der Waals surface area contributed by atoms with Gasteiger partial charge in [-0.3, -0.25) is 14.5 Å². The van der Waals surface area contributed by atoms with Crippen molar-refractivity contribution in [2.24, 2.45) is 0 Å². The molecule has 1 amide bonds. The summed E-state index contributed by atoms with van der Waals surface area (Å²) in [5.74, 6) is -1.39. The molecule has 1 fully saturated rings. The Labute approximate surface area is 276 Å². The molecule has 1 N–H and O–H groups in total. The number of aromatic nitrogens is 1. The molecular formula is C36H34N2O8S. The average Bonchev–Trinajstić information content (AvgIpc) is 3.59. The molecule has 1 saturated heterocycles. The minimum Gasteiger partial charge on any atom is -0.507 e. The fraction of sp³-hybridized carbons (Fsp3) is 0.222. The molecule has 0 bridgehead atoms. The van der Waals surface area contributed by atoms with Gasteiger partial charge < -0.3 is 24.1 Å². The molecule has 1 aliphatic heterocycles. The van der Waals surface area contributed by atoms with Crippen LogP contribution >= 0.6 is 11.3 Å². The third-order valence-electron chi connectivity index (χ3n) is 7.44. The fourth-order valence-electron chi connectivity index (χ4n) is 5.20. The Morgan fingerprint density at radius 2 is 1.77 bits per heavy atom. The van der Waals surface area contributed by atoms with Crippen LogP contribution in [0.4, 0.5) is 5.13 Å². The van der Waals surface area contributed by atoms with Gasteiger partial charge in [0.2, 0.25) is 0 Å². The molecule has 0 aliphatic carbocycles. The zero-order valence-corrected chi connectivity index (χ0v) is 27.3. The highest BCUT2D eigenvalue weighted by Gasteiger charge is 2.48. The zero-order valence-electron chi connectivity index (χ0n) is 26.4. The Bertz CT molecular complexity index is 1860. The van der Waals surface area contributed by atoms with Gasteiger partial charge in [0, 0.05) is 5.56 Å². The monoisotopic (exact) mass is 654 g/mol. The number of rotatable bonds is 12. The largest absolute Gasteiger partial charge is 0.507 e. The summed E-state index contributed by atoms with van der Waals surface area (Å²) in [5.41, 5.74) is 2.66. The number of ether oxygens (including phenoxy) is 4. The van der Waals surface area contributed by atoms with Crippen LogP contribution in [-0.4, -0.2) is 48.1 Å². The van der Waals surface area contributed by atoms with E-state index in [9.17, 15) is 19.5 Å². The number of carbonyl (C=O) groups excluding carboxylic acids is 3. The number of anilines is 1. The number of aryl methyl sites for hydroxylation is 2. The second kappa shape index (κ2) is 14.3. The lowest BCUT2D eigenvalue weighted by Gasteiger charge is -2.24. The lowest BCUT2D eigenvalue weighted by atomic mass is 9.94. The van der Waals surface area contributed by atoms with Gasteiger partial charge in [-0.05, 0) is 67.8 Å². The number of methoxy groups -OCH3 is 1. The number of amides is 1. The molecule has 0 saturated carbocycles. The molecule has 1 unspecified atom stereocenters. The van der Waals surface area contributed by atoms with Gasteiger partial charge in [-0.25, -0.2) is 9.78 Å². The molecule has 5 rings (SSSR count). The van der Waals surface area contributed by atoms with Crippen LogP contribution in [0.2, 0.25) is 0 Å². The van der Waals surface area contributed by atoms with Crippen LogP contribution in [0.5, 0.6) is 17.2 Å². The van der Waals surface area contributed by atoms with E-state index in [-0.39, 0.29) is 27.9 Å². The highest BCUT2D eigenvalue weighted by Crippen LogP contribution is 2.45. The van der Waals surface area contributed by atoms with Crippen molar-refractivity contribution in [3.05, 3.63) is 118 Å². The number of nitrogens with zero attached hydrogens (tertiary/aromatic N) is 2. The van der Waals surface area contributed by atoms with Crippen molar-refractivity contribution in [3.8, 4) is 17.2 Å². The number of carbonyl (C=O) groups is 3. The third-order valence-corrected chi connectivity index (χ3v) is 8.58. The van der Waals surface area contributed by atoms with Crippen molar-refractivity contribution >= 4 is 39.9 Å². The molecule has 10 nitrogen and oxygen atoms in total. The lowest BCUT2D eigenvalue weighted by molar-refractivity contribution is -0.132. The maximum absolute atomic E-state index is 13.8. The number of esters is 1. The van der Waals surface area contributed by atoms with Crippen LogP contribution in [0, 0.1) is 13.8 Å². The van der Waals surface area contributed by atoms with Crippen LogP contribution in [0.1, 0.15) is 50.6 Å². The molecule has 0 radical (unpaired) electrons. The number of hydrogen-bond acceptors (Lipinski definition) is 10. The lowest BCUT2D eigenvalue weighted by Crippen LogP contribution is -2.29. The summed E-state index contributed by atoms with van der Waals surface area (Å²) in [5, 5.41) is 11.8. The maximum atomic E-state index is 13.8. The molecule has 2 heterocycles. The Kier molecular flexibility index (Phi) is 10.1. The molecule has 11 heteroatoms. The van der Waals surface area contributed by atoms with E-state index in [0.29, 0.717) is 47.3 Å². The second-order valence-corrected chi connectivity index (χ2v) is 11.5. The Morgan fingerprint density at radius 3 is 2.45 bits per heavy atom. The van der Waals surface area contributed by atoms with Crippen LogP contribution in [0.15, 0.2) is 85.0 Å². The minimum atomic E-state index is -1.11. The standard InChI is InChI=1S/C36H34N2O8S/c1-6-17-45-35(42)33-22(4)37-36(47-33)38-30(24-13-16-27(44-7-2)28(19-24)43-5)29(32(40)34(38)41)31(39)25-14-15-26(21(3)18-25)46-20-23-11-9-8-10-12-23/h6,8-16,18-19,30,39H,1,7,17,20H2,2-5H3. The fourth-order valence-corrected chi connectivity index (χ4v) is 6.19. The Hall–Kier alpha value is -5.42. The highest BCUT2D eigenvalue weighted by molar-refractivity contribution is 7.17. The van der Waals surface area contributed by atoms with Gasteiger partial charge in [0.15, 0.2) is 16.6 Å². The first-order valence-electron chi connectivity index (χ1n) is 14.8. The minimum absolute atomic E-state index is 0.00248. The van der Waals surface area contributed by atoms with E-state index in [1.54, 1.807) is 43.3 Å². The van der Waals surface area contributed by atoms with Crippen LogP contribution in [-0.2, 0) is 20.9 Å². The number of ketones is 1. The number of benzene rings is 3. The van der Waals surface area contributed by atoms with Gasteiger partial charge in [0.25, 0.3) is 5.78 Å². The van der Waals surface area contributed by atoms with E-state index >= 15 is 0 Å². The van der Waals surface area contributed by atoms with E-state index in [0.717, 1.165) is 22.5 Å². The van der Waals surface area contributed by atoms with Gasteiger partial charge in [0.1, 0.15) is 29.6 Å². The molecule has 3 aromatic carbocycles. The number of hydrogen-bond donors (Lipinski definition) is 1. The van der Waals surface area contributed by atoms with Gasteiger partial charge in [-0.1, -0.05) is 60.4 Å². The molecule has 1 aliphatic rings. The van der Waals surface area contributed by atoms with E-state index in [2.05, 4.69) is 11.6 Å². The Balaban J connectivity index is 1.60. The van der Waals surface area contributed by atoms with Crippen molar-refractivity contribution in [1.29, 1.82) is 0 Å². The quantitative estimate of drug-likeness (QED) is 0.0583. The summed E-state index contributed by atoms with van der Waals surface area (Å²) in [6.07, 6.45) is 1.44. The summed E-state index contributed by atoms with van der Waals surface area (Å²) >= 11 is 0.915. The third kappa shape index (κ3) is 6.75. The molecule has 47 heavy (non-hydrogen) atoms. The summed E-state index contributed by atoms with van der Waals surface area (Å²) < 4.78 is 22.4. The summed E-state index contributed by atoms with van der Waals surface area (Å²) in [6, 6.07) is 18.6. The van der Waals surface area contributed by atoms with Gasteiger partial charge >= 0.3 is 11.9 Å². The van der Waals surface area contributed by atoms with E-state index in [1.165, 1.54) is 18.1 Å². The van der Waals surface area contributed by atoms with Crippen molar-refractivity contribution < 1.29 is 38.4 Å². The molecule has 1 aromatic heterocycles. The number of aliphatic hydroxyl groups is 1. The summed E-state index contributed by atoms with van der Waals surface area (Å²) in [6.45, 7) is 9.58. The van der Waals surface area contributed by atoms with Crippen LogP contribution < -0.4 is 19.1 Å². The van der Waals surface area contributed by atoms with Crippen molar-refractivity contribution in [1.82, 2.24) is 4.98 Å². The van der Waals surface area contributed by atoms with Crippen molar-refractivity contribution in [2.45, 2.75) is 33.4 Å². The summed E-state index contributed by atoms with van der Waals surface area (Å²) in [7, 11) is 1.48. The first-order chi connectivity index (χ1) is 22.7. The highest BCUT2D eigenvalue weighted by atomic mass is 32.1. The predicted octanol–water partition coefficient (Wildman–Crippen LogP) is 6.72. The number of Topliss-reactive ketones (excluding diaryl/α,β-unsaturated/α-hetero) is 1. The smallest absolute Gasteiger partial charge is 0.350 e. The van der Waals surface area contributed by atoms with Crippen LogP contribution in [0.3, 0.4) is 0 Å². The molecular weight excluding hydrogens is 620 g/mol. The normalized spacial score (nSPS) is 15.4. The zero-order chi connectivity index (χ0) is 33.7. The average molecular weight is 655 g/mol. The first-order valence-corrected chi connectivity index (χ1v) is 15.6. The van der Waals surface area contributed by atoms with Gasteiger partial charge in [0.05, 0.1) is 31.0 Å². The maximum Gasteiger partial charge on any atom is 0.350 e. The molecule has 4 aromatic rings. The molecule has 0 spiro atoms. The molecule has 242 valence electrons. The van der Waals surface area contributed by atoms with Crippen molar-refractivity contribution in [2.75, 3.05) is 25.2 Å². The topological polar surface area (TPSA) is 124 Å². The number of thiazole rings is 1. The van der Waals surface area contributed by atoms with Crippen LogP contribution in [0.25, 0.3) is 5.76 Å². The summed E-state index contributed by atoms with van der Waals surface area (Å²) in [4.78, 5) is 46.1. The SMILES string of the molecule is C=CCOC(=O)c1sc(N2C(=O)C(=O)C(=C(O)c3ccc(OCc4ccccc4)c(C)c3)C2c2ccc(OCC)c(OC)c2)nc1C. The van der Waals surface area contributed by atoms with Gasteiger partial charge in [-0.15, -0.1) is 0 Å². The molecule has 1 atom stereocenters. The first kappa shape index (κ1) is 33.0. The van der Waals surface area contributed by atoms with E-state index < -0.39 is 23.7 Å². The number of aliphatic hydroxyl groups excluding tert-OH is 1. The van der Waals surface area contributed by atoms with E-state index in [4.69, 9.17) is 18.9 Å². The predicted molar refractivity (Wildman–Crippen MR) is 178 cm³/mol. The van der Waals surface area contributed by atoms with Gasteiger partial charge in [-0.2, -0.15) is 0 Å². The van der Waals surface area contributed by atoms with Crippen molar-refractivity contribution in [3.63, 3.8) is 0 Å². The van der Waals surface area contributed by atoms with E-state index in [1.807, 2.05) is 44.2 Å². The Morgan fingerprint density at radius 1 is 1.02 bits per heavy atom.